The summed E-state index contributed by atoms with van der Waals surface area (Å²) in [5.74, 6) is -0.811. The number of carboxylic acids is 1. The van der Waals surface area contributed by atoms with Crippen molar-refractivity contribution in [2.45, 2.75) is 19.9 Å². The minimum atomic E-state index is -0.811. The molecule has 0 bridgehead atoms. The third-order valence-electron chi connectivity index (χ3n) is 3.05. The van der Waals surface area contributed by atoms with E-state index in [1.54, 1.807) is 0 Å². The van der Waals surface area contributed by atoms with Crippen LogP contribution in [0.15, 0.2) is 46.9 Å². The SMILES string of the molecule is Cc1ccc(NCc2ccccc2CC(=O)O)c(Br)c1. The maximum absolute atomic E-state index is 10.9. The van der Waals surface area contributed by atoms with Crippen LogP contribution in [0, 0.1) is 6.92 Å². The molecule has 0 atom stereocenters. The number of carbonyl (C=O) groups is 1. The largest absolute Gasteiger partial charge is 0.481 e. The van der Waals surface area contributed by atoms with E-state index in [-0.39, 0.29) is 6.42 Å². The van der Waals surface area contributed by atoms with E-state index in [4.69, 9.17) is 5.11 Å². The lowest BCUT2D eigenvalue weighted by atomic mass is 10.0. The molecule has 0 saturated heterocycles. The van der Waals surface area contributed by atoms with Gasteiger partial charge in [-0.15, -0.1) is 0 Å². The van der Waals surface area contributed by atoms with Gasteiger partial charge < -0.3 is 10.4 Å². The van der Waals surface area contributed by atoms with E-state index in [0.717, 1.165) is 21.3 Å². The van der Waals surface area contributed by atoms with Crippen LogP contribution in [0.3, 0.4) is 0 Å². The summed E-state index contributed by atoms with van der Waals surface area (Å²) in [6.07, 6.45) is 0.0485. The molecule has 104 valence electrons. The Hall–Kier alpha value is -1.81. The molecule has 20 heavy (non-hydrogen) atoms. The molecule has 0 saturated carbocycles. The molecule has 0 fully saturated rings. The van der Waals surface area contributed by atoms with Crippen molar-refractivity contribution in [3.63, 3.8) is 0 Å². The molecular formula is C16H16BrNO2. The molecule has 0 spiro atoms. The zero-order valence-electron chi connectivity index (χ0n) is 11.2. The van der Waals surface area contributed by atoms with Crippen molar-refractivity contribution in [3.8, 4) is 0 Å². The predicted octanol–water partition coefficient (Wildman–Crippen LogP) is 4.00. The molecule has 4 heteroatoms. The smallest absolute Gasteiger partial charge is 0.307 e. The summed E-state index contributed by atoms with van der Waals surface area (Å²) in [4.78, 5) is 10.9. The van der Waals surface area contributed by atoms with Crippen LogP contribution in [0.1, 0.15) is 16.7 Å². The van der Waals surface area contributed by atoms with Gasteiger partial charge in [0, 0.05) is 16.7 Å². The monoisotopic (exact) mass is 333 g/mol. The maximum atomic E-state index is 10.9. The molecule has 0 heterocycles. The Bertz CT molecular complexity index is 626. The Morgan fingerprint density at radius 1 is 1.20 bits per heavy atom. The first-order valence-corrected chi connectivity index (χ1v) is 7.14. The molecular weight excluding hydrogens is 318 g/mol. The lowest BCUT2D eigenvalue weighted by Crippen LogP contribution is -2.07. The third kappa shape index (κ3) is 3.84. The van der Waals surface area contributed by atoms with Crippen LogP contribution in [0.4, 0.5) is 5.69 Å². The minimum Gasteiger partial charge on any atom is -0.481 e. The number of aliphatic carboxylic acids is 1. The molecule has 3 nitrogen and oxygen atoms in total. The average molecular weight is 334 g/mol. The van der Waals surface area contributed by atoms with E-state index >= 15 is 0 Å². The number of anilines is 1. The highest BCUT2D eigenvalue weighted by molar-refractivity contribution is 9.10. The van der Waals surface area contributed by atoms with Crippen molar-refractivity contribution in [2.75, 3.05) is 5.32 Å². The normalized spacial score (nSPS) is 10.3. The maximum Gasteiger partial charge on any atom is 0.307 e. The quantitative estimate of drug-likeness (QED) is 0.869. The fourth-order valence-corrected chi connectivity index (χ4v) is 2.65. The van der Waals surface area contributed by atoms with Gasteiger partial charge in [-0.05, 0) is 51.7 Å². The van der Waals surface area contributed by atoms with Crippen LogP contribution in [-0.4, -0.2) is 11.1 Å². The average Bonchev–Trinajstić information content (AvgIpc) is 2.39. The predicted molar refractivity (Wildman–Crippen MR) is 84.0 cm³/mol. The second-order valence-corrected chi connectivity index (χ2v) is 5.53. The van der Waals surface area contributed by atoms with E-state index in [0.29, 0.717) is 6.54 Å². The second-order valence-electron chi connectivity index (χ2n) is 4.68. The van der Waals surface area contributed by atoms with Gasteiger partial charge in [0.05, 0.1) is 6.42 Å². The van der Waals surface area contributed by atoms with E-state index < -0.39 is 5.97 Å². The molecule has 0 amide bonds. The van der Waals surface area contributed by atoms with Crippen molar-refractivity contribution in [1.29, 1.82) is 0 Å². The minimum absolute atomic E-state index is 0.0485. The van der Waals surface area contributed by atoms with E-state index in [9.17, 15) is 4.79 Å². The third-order valence-corrected chi connectivity index (χ3v) is 3.71. The lowest BCUT2D eigenvalue weighted by molar-refractivity contribution is -0.136. The first-order chi connectivity index (χ1) is 9.56. The molecule has 2 aromatic carbocycles. The number of carboxylic acid groups (broad SMARTS) is 1. The summed E-state index contributed by atoms with van der Waals surface area (Å²) >= 11 is 3.52. The van der Waals surface area contributed by atoms with Crippen LogP contribution in [-0.2, 0) is 17.8 Å². The van der Waals surface area contributed by atoms with Gasteiger partial charge in [-0.25, -0.2) is 0 Å². The summed E-state index contributed by atoms with van der Waals surface area (Å²) in [6.45, 7) is 2.64. The van der Waals surface area contributed by atoms with Crippen molar-refractivity contribution < 1.29 is 9.90 Å². The van der Waals surface area contributed by atoms with Crippen LogP contribution in [0.5, 0.6) is 0 Å². The van der Waals surface area contributed by atoms with Gasteiger partial charge in [-0.3, -0.25) is 4.79 Å². The highest BCUT2D eigenvalue weighted by atomic mass is 79.9. The number of hydrogen-bond donors (Lipinski definition) is 2. The molecule has 2 N–H and O–H groups in total. The summed E-state index contributed by atoms with van der Waals surface area (Å²) < 4.78 is 1.01. The Morgan fingerprint density at radius 3 is 2.55 bits per heavy atom. The summed E-state index contributed by atoms with van der Waals surface area (Å²) in [6, 6.07) is 13.7. The van der Waals surface area contributed by atoms with Crippen LogP contribution >= 0.6 is 15.9 Å². The Kier molecular flexibility index (Phi) is 4.79. The number of benzene rings is 2. The van der Waals surface area contributed by atoms with Gasteiger partial charge in [-0.2, -0.15) is 0 Å². The summed E-state index contributed by atoms with van der Waals surface area (Å²) in [7, 11) is 0. The molecule has 2 aromatic rings. The number of hydrogen-bond acceptors (Lipinski definition) is 2. The Morgan fingerprint density at radius 2 is 1.90 bits per heavy atom. The number of aryl methyl sites for hydroxylation is 1. The van der Waals surface area contributed by atoms with Gasteiger partial charge in [-0.1, -0.05) is 30.3 Å². The van der Waals surface area contributed by atoms with Gasteiger partial charge in [0.2, 0.25) is 0 Å². The van der Waals surface area contributed by atoms with Crippen molar-refractivity contribution in [2.24, 2.45) is 0 Å². The number of rotatable bonds is 5. The van der Waals surface area contributed by atoms with E-state index in [2.05, 4.69) is 21.2 Å². The zero-order valence-corrected chi connectivity index (χ0v) is 12.8. The second kappa shape index (κ2) is 6.57. The zero-order chi connectivity index (χ0) is 14.5. The topological polar surface area (TPSA) is 49.3 Å². The fraction of sp³-hybridized carbons (Fsp3) is 0.188. The van der Waals surface area contributed by atoms with Crippen LogP contribution < -0.4 is 5.32 Å². The van der Waals surface area contributed by atoms with E-state index in [1.165, 1.54) is 5.56 Å². The summed E-state index contributed by atoms with van der Waals surface area (Å²) in [5, 5.41) is 12.3. The fourth-order valence-electron chi connectivity index (χ4n) is 2.02. The van der Waals surface area contributed by atoms with Crippen LogP contribution in [0.25, 0.3) is 0 Å². The molecule has 0 radical (unpaired) electrons. The van der Waals surface area contributed by atoms with Gasteiger partial charge >= 0.3 is 5.97 Å². The first-order valence-electron chi connectivity index (χ1n) is 6.35. The number of nitrogens with one attached hydrogen (secondary N) is 1. The summed E-state index contributed by atoms with van der Waals surface area (Å²) in [5.41, 5.74) is 4.03. The standard InChI is InChI=1S/C16H16BrNO2/c1-11-6-7-15(14(17)8-11)18-10-13-5-3-2-4-12(13)9-16(19)20/h2-8,18H,9-10H2,1H3,(H,19,20). The molecule has 0 aliphatic rings. The first kappa shape index (κ1) is 14.6. The molecule has 0 unspecified atom stereocenters. The molecule has 0 aliphatic heterocycles. The van der Waals surface area contributed by atoms with Gasteiger partial charge in [0.1, 0.15) is 0 Å². The van der Waals surface area contributed by atoms with E-state index in [1.807, 2.05) is 49.4 Å². The van der Waals surface area contributed by atoms with Gasteiger partial charge in [0.15, 0.2) is 0 Å². The Labute approximate surface area is 126 Å². The number of halogens is 1. The van der Waals surface area contributed by atoms with Gasteiger partial charge in [0.25, 0.3) is 0 Å². The Balaban J connectivity index is 2.12. The van der Waals surface area contributed by atoms with Crippen LogP contribution in [0.2, 0.25) is 0 Å². The highest BCUT2D eigenvalue weighted by Crippen LogP contribution is 2.24. The highest BCUT2D eigenvalue weighted by Gasteiger charge is 2.07. The van der Waals surface area contributed by atoms with Crippen molar-refractivity contribution in [3.05, 3.63) is 63.6 Å². The van der Waals surface area contributed by atoms with Crippen molar-refractivity contribution in [1.82, 2.24) is 0 Å². The van der Waals surface area contributed by atoms with Crippen molar-refractivity contribution >= 4 is 27.6 Å². The lowest BCUT2D eigenvalue weighted by Gasteiger charge is -2.12. The molecule has 2 rings (SSSR count). The molecule has 0 aliphatic carbocycles. The molecule has 0 aromatic heterocycles.